The van der Waals surface area contributed by atoms with Crippen LogP contribution in [-0.4, -0.2) is 12.4 Å². The molecule has 94 valence electrons. The highest BCUT2D eigenvalue weighted by atomic mass is 16.5. The lowest BCUT2D eigenvalue weighted by molar-refractivity contribution is 0.104. The van der Waals surface area contributed by atoms with Crippen LogP contribution in [0, 0.1) is 18.3 Å². The third-order valence-corrected chi connectivity index (χ3v) is 2.71. The van der Waals surface area contributed by atoms with E-state index in [1.54, 1.807) is 30.3 Å². The van der Waals surface area contributed by atoms with Gasteiger partial charge in [-0.05, 0) is 30.3 Å². The average Bonchev–Trinajstić information content (AvgIpc) is 2.96. The molecule has 2 nitrogen and oxygen atoms in total. The van der Waals surface area contributed by atoms with Gasteiger partial charge in [0.05, 0.1) is 0 Å². The molecule has 0 fully saturated rings. The number of carbonyl (C=O) groups is 1. The summed E-state index contributed by atoms with van der Waals surface area (Å²) in [6.45, 7) is 0.230. The van der Waals surface area contributed by atoms with Gasteiger partial charge in [0.25, 0.3) is 0 Å². The van der Waals surface area contributed by atoms with Gasteiger partial charge in [-0.15, -0.1) is 6.42 Å². The first-order valence-corrected chi connectivity index (χ1v) is 6.03. The lowest BCUT2D eigenvalue weighted by atomic mass is 10.1. The molecule has 0 N–H and O–H groups in total. The van der Waals surface area contributed by atoms with Crippen LogP contribution in [0.2, 0.25) is 0 Å². The van der Waals surface area contributed by atoms with Gasteiger partial charge in [-0.3, -0.25) is 4.79 Å². The topological polar surface area (TPSA) is 26.3 Å². The molecule has 2 heteroatoms. The molecular formula is C17H14O2. The second kappa shape index (κ2) is 6.42. The minimum absolute atomic E-state index is 0.0165. The standard InChI is InChI=1S/C17H14O2/c1-2-13-19-16-10-8-15(9-11-16)17(18)12-7-14-5-3-4-6-14/h1,3-12,14H,13H2/b12-7+. The SMILES string of the molecule is C#CCOc1ccc(C(=O)/C=C/C2C=CC=C2)cc1. The number of ether oxygens (including phenoxy) is 1. The van der Waals surface area contributed by atoms with Crippen LogP contribution in [0.3, 0.4) is 0 Å². The number of hydrogen-bond acceptors (Lipinski definition) is 2. The quantitative estimate of drug-likeness (QED) is 0.456. The summed E-state index contributed by atoms with van der Waals surface area (Å²) in [5, 5.41) is 0. The van der Waals surface area contributed by atoms with Crippen molar-refractivity contribution in [3.63, 3.8) is 0 Å². The molecule has 0 unspecified atom stereocenters. The van der Waals surface area contributed by atoms with Crippen LogP contribution in [0.25, 0.3) is 0 Å². The van der Waals surface area contributed by atoms with Gasteiger partial charge < -0.3 is 4.74 Å². The number of benzene rings is 1. The van der Waals surface area contributed by atoms with Crippen molar-refractivity contribution in [2.75, 3.05) is 6.61 Å². The second-order valence-corrected chi connectivity index (χ2v) is 4.09. The molecule has 1 aliphatic carbocycles. The molecule has 19 heavy (non-hydrogen) atoms. The monoisotopic (exact) mass is 250 g/mol. The third-order valence-electron chi connectivity index (χ3n) is 2.71. The Morgan fingerprint density at radius 3 is 2.58 bits per heavy atom. The van der Waals surface area contributed by atoms with E-state index in [9.17, 15) is 4.79 Å². The number of hydrogen-bond donors (Lipinski definition) is 0. The molecule has 1 aromatic carbocycles. The molecular weight excluding hydrogens is 236 g/mol. The summed E-state index contributed by atoms with van der Waals surface area (Å²) < 4.78 is 5.25. The van der Waals surface area contributed by atoms with Gasteiger partial charge >= 0.3 is 0 Å². The second-order valence-electron chi connectivity index (χ2n) is 4.09. The highest BCUT2D eigenvalue weighted by Gasteiger charge is 2.04. The summed E-state index contributed by atoms with van der Waals surface area (Å²) in [7, 11) is 0. The van der Waals surface area contributed by atoms with Gasteiger partial charge in [0, 0.05) is 11.5 Å². The van der Waals surface area contributed by atoms with Crippen molar-refractivity contribution in [3.05, 3.63) is 66.3 Å². The summed E-state index contributed by atoms with van der Waals surface area (Å²) >= 11 is 0. The Kier molecular flexibility index (Phi) is 4.36. The van der Waals surface area contributed by atoms with Crippen molar-refractivity contribution in [2.45, 2.75) is 0 Å². The molecule has 2 rings (SSSR count). The number of allylic oxidation sites excluding steroid dienone is 6. The average molecular weight is 250 g/mol. The van der Waals surface area contributed by atoms with E-state index in [1.807, 2.05) is 30.4 Å². The predicted molar refractivity (Wildman–Crippen MR) is 76.0 cm³/mol. The fourth-order valence-electron chi connectivity index (χ4n) is 1.71. The molecule has 0 aliphatic heterocycles. The maximum absolute atomic E-state index is 11.9. The predicted octanol–water partition coefficient (Wildman–Crippen LogP) is 3.18. The molecule has 0 radical (unpaired) electrons. The molecule has 0 aromatic heterocycles. The normalized spacial score (nSPS) is 13.8. The third kappa shape index (κ3) is 3.72. The molecule has 1 aromatic rings. The Hall–Kier alpha value is -2.53. The van der Waals surface area contributed by atoms with Crippen LogP contribution in [0.1, 0.15) is 10.4 Å². The smallest absolute Gasteiger partial charge is 0.185 e. The van der Waals surface area contributed by atoms with E-state index in [2.05, 4.69) is 5.92 Å². The van der Waals surface area contributed by atoms with Gasteiger partial charge in [-0.25, -0.2) is 0 Å². The fourth-order valence-corrected chi connectivity index (χ4v) is 1.71. The first-order valence-electron chi connectivity index (χ1n) is 6.03. The number of carbonyl (C=O) groups excluding carboxylic acids is 1. The lowest BCUT2D eigenvalue weighted by Crippen LogP contribution is -1.97. The van der Waals surface area contributed by atoms with E-state index in [-0.39, 0.29) is 18.3 Å². The van der Waals surface area contributed by atoms with Crippen molar-refractivity contribution in [1.82, 2.24) is 0 Å². The summed E-state index contributed by atoms with van der Waals surface area (Å²) in [4.78, 5) is 11.9. The van der Waals surface area contributed by atoms with Gasteiger partial charge in [0.15, 0.2) is 5.78 Å². The number of ketones is 1. The number of rotatable bonds is 5. The largest absolute Gasteiger partial charge is 0.481 e. The van der Waals surface area contributed by atoms with E-state index in [1.165, 1.54) is 0 Å². The van der Waals surface area contributed by atoms with E-state index >= 15 is 0 Å². The van der Waals surface area contributed by atoms with Crippen LogP contribution >= 0.6 is 0 Å². The minimum atomic E-state index is -0.0165. The maximum atomic E-state index is 11.9. The molecule has 0 atom stereocenters. The minimum Gasteiger partial charge on any atom is -0.481 e. The molecule has 0 saturated heterocycles. The van der Waals surface area contributed by atoms with E-state index in [4.69, 9.17) is 11.2 Å². The van der Waals surface area contributed by atoms with Gasteiger partial charge in [-0.2, -0.15) is 0 Å². The molecule has 0 bridgehead atoms. The summed E-state index contributed by atoms with van der Waals surface area (Å²) in [6, 6.07) is 6.96. The van der Waals surface area contributed by atoms with Crippen LogP contribution in [-0.2, 0) is 0 Å². The zero-order valence-electron chi connectivity index (χ0n) is 10.5. The highest BCUT2D eigenvalue weighted by Crippen LogP contribution is 2.14. The highest BCUT2D eigenvalue weighted by molar-refractivity contribution is 6.04. The zero-order chi connectivity index (χ0) is 13.5. The van der Waals surface area contributed by atoms with Crippen molar-refractivity contribution < 1.29 is 9.53 Å². The van der Waals surface area contributed by atoms with E-state index < -0.39 is 0 Å². The fraction of sp³-hybridized carbons (Fsp3) is 0.118. The van der Waals surface area contributed by atoms with Crippen LogP contribution in [0.15, 0.2) is 60.7 Å². The van der Waals surface area contributed by atoms with Crippen molar-refractivity contribution in [3.8, 4) is 18.1 Å². The van der Waals surface area contributed by atoms with Crippen LogP contribution in [0.4, 0.5) is 0 Å². The first kappa shape index (κ1) is 12.9. The summed E-state index contributed by atoms with van der Waals surface area (Å²) in [6.07, 6.45) is 16.6. The van der Waals surface area contributed by atoms with Crippen LogP contribution < -0.4 is 4.74 Å². The maximum Gasteiger partial charge on any atom is 0.185 e. The molecule has 0 heterocycles. The van der Waals surface area contributed by atoms with Gasteiger partial charge in [-0.1, -0.05) is 36.3 Å². The first-order chi connectivity index (χ1) is 9.29. The van der Waals surface area contributed by atoms with Gasteiger partial charge in [0.1, 0.15) is 12.4 Å². The molecule has 0 amide bonds. The zero-order valence-corrected chi connectivity index (χ0v) is 10.5. The Morgan fingerprint density at radius 2 is 1.95 bits per heavy atom. The van der Waals surface area contributed by atoms with E-state index in [0.29, 0.717) is 11.3 Å². The van der Waals surface area contributed by atoms with Crippen molar-refractivity contribution >= 4 is 5.78 Å². The van der Waals surface area contributed by atoms with Crippen LogP contribution in [0.5, 0.6) is 5.75 Å². The Balaban J connectivity index is 1.97. The molecule has 0 saturated carbocycles. The Labute approximate surface area is 113 Å². The molecule has 1 aliphatic rings. The summed E-state index contributed by atoms with van der Waals surface area (Å²) in [5.74, 6) is 3.27. The van der Waals surface area contributed by atoms with E-state index in [0.717, 1.165) is 0 Å². The lowest BCUT2D eigenvalue weighted by Gasteiger charge is -2.02. The molecule has 0 spiro atoms. The summed E-state index contributed by atoms with van der Waals surface area (Å²) in [5.41, 5.74) is 0.635. The van der Waals surface area contributed by atoms with Gasteiger partial charge in [0.2, 0.25) is 0 Å². The number of terminal acetylenes is 1. The van der Waals surface area contributed by atoms with Crippen molar-refractivity contribution in [2.24, 2.45) is 5.92 Å². The Bertz CT molecular complexity index is 556. The Morgan fingerprint density at radius 1 is 1.26 bits per heavy atom. The van der Waals surface area contributed by atoms with Crippen molar-refractivity contribution in [1.29, 1.82) is 0 Å².